The number of amides is 1. The van der Waals surface area contributed by atoms with Crippen molar-refractivity contribution < 1.29 is 9.21 Å². The van der Waals surface area contributed by atoms with Gasteiger partial charge in [0.15, 0.2) is 5.69 Å². The van der Waals surface area contributed by atoms with E-state index in [9.17, 15) is 4.79 Å². The van der Waals surface area contributed by atoms with Crippen LogP contribution < -0.4 is 5.32 Å². The monoisotopic (exact) mass is 290 g/mol. The maximum atomic E-state index is 11.8. The SMILES string of the molecule is Cc1nc(-c2nnc(NC(=O)c3ccn(C)n3)o2)cs1. The maximum absolute atomic E-state index is 11.8. The van der Waals surface area contributed by atoms with E-state index in [4.69, 9.17) is 4.42 Å². The number of carbonyl (C=O) groups is 1. The van der Waals surface area contributed by atoms with Gasteiger partial charge in [-0.05, 0) is 13.0 Å². The topological polar surface area (TPSA) is 98.7 Å². The van der Waals surface area contributed by atoms with E-state index in [2.05, 4.69) is 25.6 Å². The van der Waals surface area contributed by atoms with Crippen molar-refractivity contribution in [2.45, 2.75) is 6.92 Å². The highest BCUT2D eigenvalue weighted by Gasteiger charge is 2.15. The van der Waals surface area contributed by atoms with E-state index in [1.807, 2.05) is 12.3 Å². The summed E-state index contributed by atoms with van der Waals surface area (Å²) in [7, 11) is 1.73. The Hall–Kier alpha value is -2.55. The second-order valence-electron chi connectivity index (χ2n) is 3.99. The number of thiazole rings is 1. The number of aryl methyl sites for hydroxylation is 2. The number of carbonyl (C=O) groups excluding carboxylic acids is 1. The Bertz CT molecular complexity index is 758. The van der Waals surface area contributed by atoms with Gasteiger partial charge in [-0.15, -0.1) is 16.4 Å². The summed E-state index contributed by atoms with van der Waals surface area (Å²) >= 11 is 1.48. The molecule has 0 unspecified atom stereocenters. The summed E-state index contributed by atoms with van der Waals surface area (Å²) in [6.07, 6.45) is 1.67. The minimum Gasteiger partial charge on any atom is -0.401 e. The number of nitrogens with zero attached hydrogens (tertiary/aromatic N) is 5. The number of rotatable bonds is 3. The summed E-state index contributed by atoms with van der Waals surface area (Å²) in [6, 6.07) is 1.61. The predicted octanol–water partition coefficient (Wildman–Crippen LogP) is 1.49. The van der Waals surface area contributed by atoms with E-state index >= 15 is 0 Å². The predicted molar refractivity (Wildman–Crippen MR) is 71.3 cm³/mol. The molecule has 0 atom stereocenters. The molecular formula is C11H10N6O2S. The molecule has 1 amide bonds. The van der Waals surface area contributed by atoms with Crippen LogP contribution in [0.5, 0.6) is 0 Å². The molecule has 0 aliphatic rings. The average molecular weight is 290 g/mol. The Morgan fingerprint density at radius 1 is 1.45 bits per heavy atom. The van der Waals surface area contributed by atoms with Crippen LogP contribution >= 0.6 is 11.3 Å². The van der Waals surface area contributed by atoms with Gasteiger partial charge in [0.05, 0.1) is 5.01 Å². The minimum absolute atomic E-state index is 0.0151. The summed E-state index contributed by atoms with van der Waals surface area (Å²) in [5.74, 6) is -0.138. The van der Waals surface area contributed by atoms with Crippen LogP contribution in [0.1, 0.15) is 15.5 Å². The average Bonchev–Trinajstić information content (AvgIpc) is 3.10. The van der Waals surface area contributed by atoms with Crippen molar-refractivity contribution in [2.75, 3.05) is 5.32 Å². The second-order valence-corrected chi connectivity index (χ2v) is 5.06. The lowest BCUT2D eigenvalue weighted by Gasteiger charge is -1.95. The van der Waals surface area contributed by atoms with E-state index in [0.717, 1.165) is 5.01 Å². The Balaban J connectivity index is 1.76. The van der Waals surface area contributed by atoms with Gasteiger partial charge in [-0.3, -0.25) is 14.8 Å². The molecule has 0 aliphatic heterocycles. The molecular weight excluding hydrogens is 280 g/mol. The van der Waals surface area contributed by atoms with Crippen LogP contribution in [0.2, 0.25) is 0 Å². The molecule has 8 nitrogen and oxygen atoms in total. The van der Waals surface area contributed by atoms with Crippen molar-refractivity contribution in [1.82, 2.24) is 25.0 Å². The number of hydrogen-bond donors (Lipinski definition) is 1. The van der Waals surface area contributed by atoms with Gasteiger partial charge in [-0.25, -0.2) is 4.98 Å². The lowest BCUT2D eigenvalue weighted by atomic mass is 10.4. The molecule has 0 saturated heterocycles. The van der Waals surface area contributed by atoms with Crippen molar-refractivity contribution in [3.63, 3.8) is 0 Å². The lowest BCUT2D eigenvalue weighted by molar-refractivity contribution is 0.101. The zero-order valence-corrected chi connectivity index (χ0v) is 11.5. The van der Waals surface area contributed by atoms with E-state index in [1.165, 1.54) is 16.0 Å². The molecule has 3 aromatic heterocycles. The van der Waals surface area contributed by atoms with Gasteiger partial charge in [0.2, 0.25) is 0 Å². The molecule has 0 aromatic carbocycles. The van der Waals surface area contributed by atoms with Gasteiger partial charge < -0.3 is 4.42 Å². The van der Waals surface area contributed by atoms with Crippen molar-refractivity contribution in [1.29, 1.82) is 0 Å². The highest BCUT2D eigenvalue weighted by molar-refractivity contribution is 7.09. The summed E-state index contributed by atoms with van der Waals surface area (Å²) in [4.78, 5) is 16.1. The first-order valence-electron chi connectivity index (χ1n) is 5.69. The van der Waals surface area contributed by atoms with Crippen LogP contribution in [0.25, 0.3) is 11.6 Å². The molecule has 9 heteroatoms. The van der Waals surface area contributed by atoms with Crippen molar-refractivity contribution in [3.8, 4) is 11.6 Å². The first kappa shape index (κ1) is 12.5. The third-order valence-corrected chi connectivity index (χ3v) is 3.20. The second kappa shape index (κ2) is 4.85. The van der Waals surface area contributed by atoms with Gasteiger partial charge in [0.25, 0.3) is 11.8 Å². The molecule has 20 heavy (non-hydrogen) atoms. The Morgan fingerprint density at radius 3 is 2.95 bits per heavy atom. The third kappa shape index (κ3) is 2.43. The van der Waals surface area contributed by atoms with E-state index < -0.39 is 5.91 Å². The van der Waals surface area contributed by atoms with Gasteiger partial charge >= 0.3 is 6.01 Å². The van der Waals surface area contributed by atoms with Crippen LogP contribution in [0.4, 0.5) is 6.01 Å². The molecule has 102 valence electrons. The molecule has 3 aromatic rings. The van der Waals surface area contributed by atoms with Gasteiger partial charge in [0, 0.05) is 18.6 Å². The smallest absolute Gasteiger partial charge is 0.322 e. The molecule has 0 fully saturated rings. The summed E-state index contributed by atoms with van der Waals surface area (Å²) in [5, 5.41) is 16.8. The lowest BCUT2D eigenvalue weighted by Crippen LogP contribution is -2.13. The summed E-state index contributed by atoms with van der Waals surface area (Å²) in [6.45, 7) is 1.88. The fourth-order valence-corrected chi connectivity index (χ4v) is 2.12. The molecule has 0 radical (unpaired) electrons. The fourth-order valence-electron chi connectivity index (χ4n) is 1.54. The van der Waals surface area contributed by atoms with Gasteiger partial charge in [-0.1, -0.05) is 5.10 Å². The summed E-state index contributed by atoms with van der Waals surface area (Å²) < 4.78 is 6.87. The summed E-state index contributed by atoms with van der Waals surface area (Å²) in [5.41, 5.74) is 0.870. The van der Waals surface area contributed by atoms with Gasteiger partial charge in [-0.2, -0.15) is 5.10 Å². The molecule has 0 bridgehead atoms. The van der Waals surface area contributed by atoms with Crippen LogP contribution in [0.3, 0.4) is 0 Å². The highest BCUT2D eigenvalue weighted by atomic mass is 32.1. The zero-order chi connectivity index (χ0) is 14.1. The number of hydrogen-bond acceptors (Lipinski definition) is 7. The normalized spacial score (nSPS) is 10.7. The Labute approximate surface area is 117 Å². The largest absolute Gasteiger partial charge is 0.401 e. The van der Waals surface area contributed by atoms with Crippen molar-refractivity contribution >= 4 is 23.3 Å². The Kier molecular flexibility index (Phi) is 3.03. The zero-order valence-electron chi connectivity index (χ0n) is 10.7. The van der Waals surface area contributed by atoms with Crippen LogP contribution in [-0.2, 0) is 7.05 Å². The molecule has 0 saturated carbocycles. The Morgan fingerprint density at radius 2 is 2.30 bits per heavy atom. The molecule has 3 heterocycles. The number of nitrogens with one attached hydrogen (secondary N) is 1. The molecule has 1 N–H and O–H groups in total. The van der Waals surface area contributed by atoms with Crippen LogP contribution in [0.15, 0.2) is 22.1 Å². The van der Waals surface area contributed by atoms with Crippen molar-refractivity contribution in [3.05, 3.63) is 28.3 Å². The third-order valence-electron chi connectivity index (χ3n) is 2.43. The fraction of sp³-hybridized carbons (Fsp3) is 0.182. The van der Waals surface area contributed by atoms with Crippen molar-refractivity contribution in [2.24, 2.45) is 7.05 Å². The first-order chi connectivity index (χ1) is 9.61. The minimum atomic E-state index is -0.407. The molecule has 0 spiro atoms. The first-order valence-corrected chi connectivity index (χ1v) is 6.57. The van der Waals surface area contributed by atoms with Gasteiger partial charge in [0.1, 0.15) is 5.69 Å². The van der Waals surface area contributed by atoms with Crippen LogP contribution in [0, 0.1) is 6.92 Å². The van der Waals surface area contributed by atoms with E-state index in [1.54, 1.807) is 19.3 Å². The maximum Gasteiger partial charge on any atom is 0.322 e. The quantitative estimate of drug-likeness (QED) is 0.784. The van der Waals surface area contributed by atoms with Crippen LogP contribution in [-0.4, -0.2) is 30.9 Å². The molecule has 3 rings (SSSR count). The van der Waals surface area contributed by atoms with E-state index in [0.29, 0.717) is 5.69 Å². The molecule has 0 aliphatic carbocycles. The standard InChI is InChI=1S/C11H10N6O2S/c1-6-12-8(5-20-6)10-14-15-11(19-10)13-9(18)7-3-4-17(2)16-7/h3-5H,1-2H3,(H,13,15,18). The highest BCUT2D eigenvalue weighted by Crippen LogP contribution is 2.21. The number of anilines is 1. The number of aromatic nitrogens is 5. The van der Waals surface area contributed by atoms with E-state index in [-0.39, 0.29) is 17.6 Å².